The highest BCUT2D eigenvalue weighted by Gasteiger charge is 2.11. The molecule has 3 rings (SSSR count). The fourth-order valence-corrected chi connectivity index (χ4v) is 2.30. The van der Waals surface area contributed by atoms with Crippen molar-refractivity contribution in [2.75, 3.05) is 0 Å². The van der Waals surface area contributed by atoms with E-state index in [0.717, 1.165) is 10.5 Å². The van der Waals surface area contributed by atoms with Gasteiger partial charge in [0.1, 0.15) is 5.75 Å². The van der Waals surface area contributed by atoms with Crippen LogP contribution in [0.4, 0.5) is 0 Å². The molecule has 4 nitrogen and oxygen atoms in total. The van der Waals surface area contributed by atoms with Crippen molar-refractivity contribution in [3.8, 4) is 5.75 Å². The Bertz CT molecular complexity index is 641. The maximum absolute atomic E-state index is 11.9. The summed E-state index contributed by atoms with van der Waals surface area (Å²) in [6.07, 6.45) is 1.73. The maximum Gasteiger partial charge on any atom is 0.343 e. The Hall–Kier alpha value is -2.27. The molecular formula is C14H10N2O2S. The van der Waals surface area contributed by atoms with E-state index in [1.807, 2.05) is 18.2 Å². The van der Waals surface area contributed by atoms with Crippen molar-refractivity contribution >= 4 is 24.1 Å². The molecule has 0 fully saturated rings. The number of hydrogen-bond acceptors (Lipinski definition) is 5. The van der Waals surface area contributed by atoms with Gasteiger partial charge in [-0.05, 0) is 30.3 Å². The number of ether oxygens (including phenoxy) is 1. The monoisotopic (exact) mass is 270 g/mol. The molecule has 1 aliphatic rings. The van der Waals surface area contributed by atoms with Crippen LogP contribution in [0.15, 0.2) is 58.5 Å². The Labute approximate surface area is 114 Å². The van der Waals surface area contributed by atoms with Crippen LogP contribution >= 0.6 is 11.9 Å². The molecule has 19 heavy (non-hydrogen) atoms. The van der Waals surface area contributed by atoms with E-state index in [2.05, 4.69) is 9.93 Å². The minimum atomic E-state index is -0.358. The van der Waals surface area contributed by atoms with E-state index in [4.69, 9.17) is 4.74 Å². The Morgan fingerprint density at radius 2 is 2.00 bits per heavy atom. The number of hydrogen-bond donors (Lipinski definition) is 1. The molecule has 0 atom stereocenters. The third-order valence-corrected chi connectivity index (χ3v) is 3.39. The Balaban J connectivity index is 1.81. The van der Waals surface area contributed by atoms with Crippen molar-refractivity contribution in [3.63, 3.8) is 0 Å². The number of nitrogens with one attached hydrogen (secondary N) is 1. The van der Waals surface area contributed by atoms with Gasteiger partial charge < -0.3 is 4.74 Å². The summed E-state index contributed by atoms with van der Waals surface area (Å²) in [5.41, 5.74) is 1.54. The van der Waals surface area contributed by atoms with Gasteiger partial charge in [-0.25, -0.2) is 9.63 Å². The average Bonchev–Trinajstić information content (AvgIpc) is 2.48. The molecule has 94 valence electrons. The van der Waals surface area contributed by atoms with Crippen LogP contribution in [-0.4, -0.2) is 12.2 Å². The number of hydrazone groups is 1. The number of rotatable bonds is 2. The SMILES string of the molecule is O=C(Oc1ccc2c(c1)SNN=C2)c1ccccc1. The first-order valence-electron chi connectivity index (χ1n) is 5.69. The van der Waals surface area contributed by atoms with E-state index in [9.17, 15) is 4.79 Å². The van der Waals surface area contributed by atoms with Gasteiger partial charge in [-0.2, -0.15) is 5.10 Å². The lowest BCUT2D eigenvalue weighted by atomic mass is 10.2. The van der Waals surface area contributed by atoms with Crippen LogP contribution in [0.1, 0.15) is 15.9 Å². The van der Waals surface area contributed by atoms with Crippen LogP contribution in [0.5, 0.6) is 5.75 Å². The normalized spacial score (nSPS) is 12.4. The highest BCUT2D eigenvalue weighted by Crippen LogP contribution is 2.27. The van der Waals surface area contributed by atoms with Gasteiger partial charge >= 0.3 is 5.97 Å². The molecular weight excluding hydrogens is 260 g/mol. The molecule has 1 N–H and O–H groups in total. The van der Waals surface area contributed by atoms with E-state index in [1.54, 1.807) is 36.5 Å². The molecule has 0 aromatic heterocycles. The zero-order valence-corrected chi connectivity index (χ0v) is 10.7. The van der Waals surface area contributed by atoms with Crippen molar-refractivity contribution < 1.29 is 9.53 Å². The summed E-state index contributed by atoms with van der Waals surface area (Å²) in [5, 5.41) is 3.94. The Morgan fingerprint density at radius 3 is 2.84 bits per heavy atom. The van der Waals surface area contributed by atoms with Crippen molar-refractivity contribution in [1.82, 2.24) is 4.83 Å². The molecule has 2 aromatic rings. The standard InChI is InChI=1S/C14H10N2O2S/c17-14(10-4-2-1-3-5-10)18-12-7-6-11-9-15-16-19-13(11)8-12/h1-9,16H. The summed E-state index contributed by atoms with van der Waals surface area (Å²) in [5.74, 6) is 0.167. The van der Waals surface area contributed by atoms with E-state index < -0.39 is 0 Å². The Morgan fingerprint density at radius 1 is 1.16 bits per heavy atom. The second-order valence-electron chi connectivity index (χ2n) is 3.91. The smallest absolute Gasteiger partial charge is 0.343 e. The second kappa shape index (κ2) is 5.16. The van der Waals surface area contributed by atoms with Gasteiger partial charge in [0.05, 0.1) is 11.8 Å². The number of benzene rings is 2. The van der Waals surface area contributed by atoms with Gasteiger partial charge in [0.2, 0.25) is 0 Å². The van der Waals surface area contributed by atoms with Crippen LogP contribution < -0.4 is 9.57 Å². The van der Waals surface area contributed by atoms with Crippen molar-refractivity contribution in [2.45, 2.75) is 4.90 Å². The van der Waals surface area contributed by atoms with Crippen LogP contribution in [-0.2, 0) is 0 Å². The number of nitrogens with zero attached hydrogens (tertiary/aromatic N) is 1. The minimum Gasteiger partial charge on any atom is -0.423 e. The van der Waals surface area contributed by atoms with Crippen molar-refractivity contribution in [2.24, 2.45) is 5.10 Å². The third kappa shape index (κ3) is 2.61. The summed E-state index contributed by atoms with van der Waals surface area (Å²) in [7, 11) is 0. The molecule has 5 heteroatoms. The fourth-order valence-electron chi connectivity index (χ4n) is 1.68. The molecule has 0 aliphatic carbocycles. The average molecular weight is 270 g/mol. The second-order valence-corrected chi connectivity index (χ2v) is 4.73. The summed E-state index contributed by atoms with van der Waals surface area (Å²) < 4.78 is 5.34. The molecule has 0 saturated carbocycles. The molecule has 0 unspecified atom stereocenters. The number of carbonyl (C=O) groups excluding carboxylic acids is 1. The fraction of sp³-hybridized carbons (Fsp3) is 0. The highest BCUT2D eigenvalue weighted by molar-refractivity contribution is 7.97. The maximum atomic E-state index is 11.9. The van der Waals surface area contributed by atoms with E-state index in [1.165, 1.54) is 11.9 Å². The summed E-state index contributed by atoms with van der Waals surface area (Å²) in [6.45, 7) is 0. The zero-order valence-electron chi connectivity index (χ0n) is 9.87. The van der Waals surface area contributed by atoms with Gasteiger partial charge in [0.25, 0.3) is 0 Å². The third-order valence-electron chi connectivity index (χ3n) is 2.62. The number of fused-ring (bicyclic) bond motifs is 1. The quantitative estimate of drug-likeness (QED) is 0.518. The molecule has 0 amide bonds. The number of carbonyl (C=O) groups is 1. The molecule has 0 radical (unpaired) electrons. The van der Waals surface area contributed by atoms with E-state index in [0.29, 0.717) is 11.3 Å². The van der Waals surface area contributed by atoms with Crippen LogP contribution in [0.3, 0.4) is 0 Å². The van der Waals surface area contributed by atoms with Crippen LogP contribution in [0.2, 0.25) is 0 Å². The van der Waals surface area contributed by atoms with Crippen molar-refractivity contribution in [3.05, 3.63) is 59.7 Å². The topological polar surface area (TPSA) is 50.7 Å². The lowest BCUT2D eigenvalue weighted by Crippen LogP contribution is -2.09. The lowest BCUT2D eigenvalue weighted by molar-refractivity contribution is 0.0734. The molecule has 0 bridgehead atoms. The minimum absolute atomic E-state index is 0.358. The first-order chi connectivity index (χ1) is 9.33. The van der Waals surface area contributed by atoms with Gasteiger partial charge in [-0.3, -0.25) is 0 Å². The Kier molecular flexibility index (Phi) is 3.20. The zero-order chi connectivity index (χ0) is 13.1. The van der Waals surface area contributed by atoms with Crippen LogP contribution in [0, 0.1) is 0 Å². The van der Waals surface area contributed by atoms with E-state index >= 15 is 0 Å². The molecule has 2 aromatic carbocycles. The predicted octanol–water partition coefficient (Wildman–Crippen LogP) is 2.85. The van der Waals surface area contributed by atoms with Gasteiger partial charge in [-0.15, -0.1) is 0 Å². The van der Waals surface area contributed by atoms with Gasteiger partial charge in [0, 0.05) is 22.4 Å². The molecule has 1 aliphatic heterocycles. The van der Waals surface area contributed by atoms with Crippen LogP contribution in [0.25, 0.3) is 0 Å². The highest BCUT2D eigenvalue weighted by atomic mass is 32.2. The first-order valence-corrected chi connectivity index (χ1v) is 6.51. The summed E-state index contributed by atoms with van der Waals surface area (Å²) in [6, 6.07) is 14.4. The largest absolute Gasteiger partial charge is 0.423 e. The molecule has 0 spiro atoms. The van der Waals surface area contributed by atoms with Gasteiger partial charge in [0.15, 0.2) is 0 Å². The molecule has 0 saturated heterocycles. The van der Waals surface area contributed by atoms with Gasteiger partial charge in [-0.1, -0.05) is 18.2 Å². The summed E-state index contributed by atoms with van der Waals surface area (Å²) >= 11 is 1.39. The van der Waals surface area contributed by atoms with E-state index in [-0.39, 0.29) is 5.97 Å². The van der Waals surface area contributed by atoms with Crippen molar-refractivity contribution in [1.29, 1.82) is 0 Å². The first kappa shape index (κ1) is 11.8. The molecule has 1 heterocycles. The predicted molar refractivity (Wildman–Crippen MR) is 74.4 cm³/mol. The summed E-state index contributed by atoms with van der Waals surface area (Å²) in [4.78, 5) is 15.7. The number of esters is 1. The lowest BCUT2D eigenvalue weighted by Gasteiger charge is -2.11.